The summed E-state index contributed by atoms with van der Waals surface area (Å²) < 4.78 is 0. The van der Waals surface area contributed by atoms with Gasteiger partial charge in [0.2, 0.25) is 0 Å². The molecule has 0 amide bonds. The predicted molar refractivity (Wildman–Crippen MR) is 165 cm³/mol. The van der Waals surface area contributed by atoms with Gasteiger partial charge in [-0.05, 0) is 132 Å². The van der Waals surface area contributed by atoms with Crippen LogP contribution < -0.4 is 0 Å². The summed E-state index contributed by atoms with van der Waals surface area (Å²) in [5.41, 5.74) is 13.1. The largest absolute Gasteiger partial charge is 0.507 e. The lowest BCUT2D eigenvalue weighted by atomic mass is 9.78. The fourth-order valence-corrected chi connectivity index (χ4v) is 6.86. The molecule has 0 aliphatic heterocycles. The Labute approximate surface area is 236 Å². The molecular formula is C38H34O2. The molecule has 0 saturated heterocycles. The highest BCUT2D eigenvalue weighted by Gasteiger charge is 2.27. The summed E-state index contributed by atoms with van der Waals surface area (Å²) in [6.07, 6.45) is 8.45. The van der Waals surface area contributed by atoms with Gasteiger partial charge >= 0.3 is 0 Å². The first-order valence-corrected chi connectivity index (χ1v) is 14.7. The van der Waals surface area contributed by atoms with E-state index in [0.717, 1.165) is 89.5 Å². The third kappa shape index (κ3) is 4.38. The number of rotatable bonds is 4. The number of benzene rings is 5. The highest BCUT2D eigenvalue weighted by molar-refractivity contribution is 5.92. The molecule has 2 N–H and O–H groups in total. The third-order valence-corrected chi connectivity index (χ3v) is 8.84. The first kappa shape index (κ1) is 24.7. The van der Waals surface area contributed by atoms with Crippen molar-refractivity contribution in [2.24, 2.45) is 0 Å². The SMILES string of the molecule is Oc1ccc2c(c1-c1c(O)c(-c3cc(-c4ccccc4)cc(-c4ccccc4)c3)cc3c1CCCC3)CCCC2. The number of aryl methyl sites for hydroxylation is 2. The number of phenols is 2. The van der Waals surface area contributed by atoms with Gasteiger partial charge in [0.05, 0.1) is 0 Å². The molecule has 0 bridgehead atoms. The van der Waals surface area contributed by atoms with Crippen LogP contribution in [-0.2, 0) is 25.7 Å². The summed E-state index contributed by atoms with van der Waals surface area (Å²) in [5, 5.41) is 23.5. The summed E-state index contributed by atoms with van der Waals surface area (Å²) in [7, 11) is 0. The molecule has 5 aromatic rings. The fourth-order valence-electron chi connectivity index (χ4n) is 6.86. The van der Waals surface area contributed by atoms with Gasteiger partial charge in [-0.1, -0.05) is 66.7 Å². The van der Waals surface area contributed by atoms with Crippen molar-refractivity contribution in [3.05, 3.63) is 119 Å². The maximum Gasteiger partial charge on any atom is 0.131 e. The van der Waals surface area contributed by atoms with Gasteiger partial charge in [-0.25, -0.2) is 0 Å². The van der Waals surface area contributed by atoms with E-state index in [1.165, 1.54) is 28.7 Å². The molecule has 2 aliphatic rings. The zero-order valence-corrected chi connectivity index (χ0v) is 22.8. The molecule has 0 aromatic heterocycles. The Hall–Kier alpha value is -4.30. The van der Waals surface area contributed by atoms with Crippen molar-refractivity contribution < 1.29 is 10.2 Å². The minimum Gasteiger partial charge on any atom is -0.507 e. The van der Waals surface area contributed by atoms with Gasteiger partial charge in [0.25, 0.3) is 0 Å². The average Bonchev–Trinajstić information content (AvgIpc) is 3.02. The summed E-state index contributed by atoms with van der Waals surface area (Å²) in [6.45, 7) is 0. The minimum absolute atomic E-state index is 0.281. The second-order valence-corrected chi connectivity index (χ2v) is 11.3. The van der Waals surface area contributed by atoms with Crippen molar-refractivity contribution in [3.63, 3.8) is 0 Å². The van der Waals surface area contributed by atoms with E-state index in [-0.39, 0.29) is 5.75 Å². The number of phenolic OH excluding ortho intramolecular Hbond substituents is 2. The fraction of sp³-hybridized carbons (Fsp3) is 0.211. The Balaban J connectivity index is 1.50. The molecule has 0 heterocycles. The molecule has 198 valence electrons. The van der Waals surface area contributed by atoms with Crippen LogP contribution in [0.4, 0.5) is 0 Å². The van der Waals surface area contributed by atoms with Gasteiger partial charge < -0.3 is 10.2 Å². The zero-order chi connectivity index (χ0) is 27.1. The molecule has 40 heavy (non-hydrogen) atoms. The number of hydrogen-bond donors (Lipinski definition) is 2. The molecule has 0 spiro atoms. The normalized spacial score (nSPS) is 14.4. The van der Waals surface area contributed by atoms with Gasteiger partial charge in [0.15, 0.2) is 0 Å². The van der Waals surface area contributed by atoms with E-state index in [4.69, 9.17) is 0 Å². The Kier molecular flexibility index (Phi) is 6.40. The van der Waals surface area contributed by atoms with Crippen LogP contribution in [0.2, 0.25) is 0 Å². The van der Waals surface area contributed by atoms with E-state index in [9.17, 15) is 10.2 Å². The van der Waals surface area contributed by atoms with Crippen LogP contribution in [0.15, 0.2) is 97.1 Å². The van der Waals surface area contributed by atoms with Crippen molar-refractivity contribution in [2.45, 2.75) is 51.4 Å². The Bertz CT molecular complexity index is 1640. The summed E-state index contributed by atoms with van der Waals surface area (Å²) in [5.74, 6) is 0.572. The van der Waals surface area contributed by atoms with Crippen LogP contribution in [0.5, 0.6) is 11.5 Å². The number of hydrogen-bond acceptors (Lipinski definition) is 2. The topological polar surface area (TPSA) is 40.5 Å². The first-order chi connectivity index (χ1) is 19.7. The Morgan fingerprint density at radius 3 is 1.57 bits per heavy atom. The van der Waals surface area contributed by atoms with Crippen molar-refractivity contribution in [1.29, 1.82) is 0 Å². The Morgan fingerprint density at radius 2 is 0.950 bits per heavy atom. The summed E-state index contributed by atoms with van der Waals surface area (Å²) >= 11 is 0. The first-order valence-electron chi connectivity index (χ1n) is 14.7. The second kappa shape index (κ2) is 10.4. The van der Waals surface area contributed by atoms with Crippen molar-refractivity contribution in [3.8, 4) is 56.0 Å². The Morgan fingerprint density at radius 1 is 0.425 bits per heavy atom. The summed E-state index contributed by atoms with van der Waals surface area (Å²) in [4.78, 5) is 0. The monoisotopic (exact) mass is 522 g/mol. The molecule has 0 atom stereocenters. The van der Waals surface area contributed by atoms with E-state index in [2.05, 4.69) is 78.9 Å². The predicted octanol–water partition coefficient (Wildman–Crippen LogP) is 9.52. The maximum atomic E-state index is 12.2. The average molecular weight is 523 g/mol. The highest BCUT2D eigenvalue weighted by atomic mass is 16.3. The van der Waals surface area contributed by atoms with Gasteiger partial charge in [-0.15, -0.1) is 0 Å². The lowest BCUT2D eigenvalue weighted by Crippen LogP contribution is -2.09. The minimum atomic E-state index is 0.281. The smallest absolute Gasteiger partial charge is 0.131 e. The molecule has 0 unspecified atom stereocenters. The quantitative estimate of drug-likeness (QED) is 0.247. The second-order valence-electron chi connectivity index (χ2n) is 11.3. The van der Waals surface area contributed by atoms with Crippen molar-refractivity contribution in [2.75, 3.05) is 0 Å². The van der Waals surface area contributed by atoms with Crippen LogP contribution in [0.3, 0.4) is 0 Å². The summed E-state index contributed by atoms with van der Waals surface area (Å²) in [6, 6.07) is 33.7. The molecule has 7 rings (SSSR count). The molecule has 5 aromatic carbocycles. The van der Waals surface area contributed by atoms with Crippen molar-refractivity contribution in [1.82, 2.24) is 0 Å². The van der Waals surface area contributed by atoms with Crippen LogP contribution in [0.1, 0.15) is 47.9 Å². The van der Waals surface area contributed by atoms with Crippen LogP contribution in [0, 0.1) is 0 Å². The van der Waals surface area contributed by atoms with Gasteiger partial charge in [0.1, 0.15) is 11.5 Å². The van der Waals surface area contributed by atoms with E-state index < -0.39 is 0 Å². The highest BCUT2D eigenvalue weighted by Crippen LogP contribution is 2.50. The third-order valence-electron chi connectivity index (χ3n) is 8.84. The van der Waals surface area contributed by atoms with Crippen LogP contribution in [-0.4, -0.2) is 10.2 Å². The lowest BCUT2D eigenvalue weighted by Gasteiger charge is -2.27. The molecule has 0 saturated carbocycles. The van der Waals surface area contributed by atoms with E-state index in [1.807, 2.05) is 18.2 Å². The van der Waals surface area contributed by atoms with E-state index >= 15 is 0 Å². The molecule has 0 radical (unpaired) electrons. The standard InChI is InChI=1S/C38H34O2/c39-35-20-19-27-15-7-9-17-32(27)36(35)37-33-18-10-8-16-28(33)24-34(38(37)40)31-22-29(25-11-3-1-4-12-25)21-30(23-31)26-13-5-2-6-14-26/h1-6,11-14,19-24,39-40H,7-10,15-18H2. The number of aromatic hydroxyl groups is 2. The zero-order valence-electron chi connectivity index (χ0n) is 22.8. The van der Waals surface area contributed by atoms with Crippen LogP contribution >= 0.6 is 0 Å². The molecule has 0 fully saturated rings. The maximum absolute atomic E-state index is 12.2. The lowest BCUT2D eigenvalue weighted by molar-refractivity contribution is 0.467. The molecule has 2 nitrogen and oxygen atoms in total. The van der Waals surface area contributed by atoms with E-state index in [0.29, 0.717) is 5.75 Å². The van der Waals surface area contributed by atoms with Gasteiger partial charge in [0, 0.05) is 16.7 Å². The van der Waals surface area contributed by atoms with Crippen LogP contribution in [0.25, 0.3) is 44.5 Å². The van der Waals surface area contributed by atoms with Gasteiger partial charge in [-0.3, -0.25) is 0 Å². The molecule has 2 heteroatoms. The number of fused-ring (bicyclic) bond motifs is 2. The van der Waals surface area contributed by atoms with Crippen molar-refractivity contribution >= 4 is 0 Å². The van der Waals surface area contributed by atoms with Gasteiger partial charge in [-0.2, -0.15) is 0 Å². The molecule has 2 aliphatic carbocycles. The van der Waals surface area contributed by atoms with E-state index in [1.54, 1.807) is 0 Å². The molecular weight excluding hydrogens is 488 g/mol.